The minimum absolute atomic E-state index is 0.163. The summed E-state index contributed by atoms with van der Waals surface area (Å²) in [6, 6.07) is 10.7. The molecule has 1 aromatic carbocycles. The first-order valence-electron chi connectivity index (χ1n) is 10.6. The third kappa shape index (κ3) is 6.04. The van der Waals surface area contributed by atoms with Crippen LogP contribution in [0.3, 0.4) is 0 Å². The highest BCUT2D eigenvalue weighted by atomic mass is 32.1. The lowest BCUT2D eigenvalue weighted by atomic mass is 9.97. The molecule has 0 radical (unpaired) electrons. The number of ether oxygens (including phenoxy) is 2. The second-order valence-electron chi connectivity index (χ2n) is 7.69. The van der Waals surface area contributed by atoms with E-state index >= 15 is 0 Å². The number of carbonyl (C=O) groups is 2. The van der Waals surface area contributed by atoms with Crippen LogP contribution < -0.4 is 16.0 Å². The van der Waals surface area contributed by atoms with Gasteiger partial charge < -0.3 is 25.4 Å². The Morgan fingerprint density at radius 2 is 1.87 bits per heavy atom. The summed E-state index contributed by atoms with van der Waals surface area (Å²) >= 11 is 1.38. The lowest BCUT2D eigenvalue weighted by molar-refractivity contribution is 0.00222. The highest BCUT2D eigenvalue weighted by Crippen LogP contribution is 2.22. The Bertz CT molecular complexity index is 864. The van der Waals surface area contributed by atoms with Crippen LogP contribution in [0, 0.1) is 5.92 Å². The molecule has 2 atom stereocenters. The standard InChI is InChI=1S/C22H28N4O4S/c27-21(20-5-2-12-31-20)24-17-3-1-4-18(13-17)25-22(28)23-14-19(16-6-9-30-15-16)26-7-10-29-11-8-26/h1-5,12-13,16,19H,6-11,14-15H2,(H,24,27)(H2,23,25,28)/t16-,19-/m1/s1. The van der Waals surface area contributed by atoms with Crippen molar-refractivity contribution >= 4 is 34.6 Å². The van der Waals surface area contributed by atoms with Crippen molar-refractivity contribution in [2.75, 3.05) is 56.7 Å². The molecular formula is C22H28N4O4S. The van der Waals surface area contributed by atoms with Crippen LogP contribution >= 0.6 is 11.3 Å². The number of anilines is 2. The minimum atomic E-state index is -0.265. The van der Waals surface area contributed by atoms with Gasteiger partial charge in [0, 0.05) is 49.6 Å². The Morgan fingerprint density at radius 3 is 2.58 bits per heavy atom. The Hall–Kier alpha value is -2.46. The summed E-state index contributed by atoms with van der Waals surface area (Å²) in [4.78, 5) is 27.8. The zero-order valence-electron chi connectivity index (χ0n) is 17.3. The van der Waals surface area contributed by atoms with Crippen LogP contribution in [0.5, 0.6) is 0 Å². The SMILES string of the molecule is O=C(NC[C@H]([C@@H]1CCOC1)N1CCOCC1)Nc1cccc(NC(=O)c2cccs2)c1. The van der Waals surface area contributed by atoms with Crippen molar-refractivity contribution in [3.8, 4) is 0 Å². The van der Waals surface area contributed by atoms with E-state index in [0.717, 1.165) is 45.9 Å². The lowest BCUT2D eigenvalue weighted by Crippen LogP contribution is -2.52. The quantitative estimate of drug-likeness (QED) is 0.611. The zero-order chi connectivity index (χ0) is 21.5. The van der Waals surface area contributed by atoms with Gasteiger partial charge in [0.1, 0.15) is 0 Å². The van der Waals surface area contributed by atoms with Gasteiger partial charge in [-0.1, -0.05) is 12.1 Å². The first kappa shape index (κ1) is 21.8. The summed E-state index contributed by atoms with van der Waals surface area (Å²) in [6.07, 6.45) is 1.01. The molecule has 3 N–H and O–H groups in total. The van der Waals surface area contributed by atoms with E-state index < -0.39 is 0 Å². The van der Waals surface area contributed by atoms with Gasteiger partial charge in [-0.3, -0.25) is 9.69 Å². The van der Waals surface area contributed by atoms with E-state index in [1.54, 1.807) is 30.3 Å². The first-order chi connectivity index (χ1) is 15.2. The number of amides is 3. The van der Waals surface area contributed by atoms with Crippen molar-refractivity contribution in [1.29, 1.82) is 0 Å². The predicted molar refractivity (Wildman–Crippen MR) is 121 cm³/mol. The van der Waals surface area contributed by atoms with Gasteiger partial charge in [-0.05, 0) is 36.1 Å². The summed E-state index contributed by atoms with van der Waals surface area (Å²) in [6.45, 7) is 5.25. The summed E-state index contributed by atoms with van der Waals surface area (Å²) in [5.74, 6) is 0.248. The molecule has 166 valence electrons. The van der Waals surface area contributed by atoms with Crippen LogP contribution in [-0.2, 0) is 9.47 Å². The van der Waals surface area contributed by atoms with E-state index in [1.807, 2.05) is 11.4 Å². The Kier molecular flexibility index (Phi) is 7.52. The molecule has 2 fully saturated rings. The number of nitrogens with one attached hydrogen (secondary N) is 3. The van der Waals surface area contributed by atoms with Gasteiger partial charge >= 0.3 is 6.03 Å². The van der Waals surface area contributed by atoms with Crippen LogP contribution in [0.15, 0.2) is 41.8 Å². The fraction of sp³-hybridized carbons (Fsp3) is 0.455. The van der Waals surface area contributed by atoms with Gasteiger partial charge in [-0.25, -0.2) is 4.79 Å². The van der Waals surface area contributed by atoms with Crippen molar-refractivity contribution in [1.82, 2.24) is 10.2 Å². The normalized spacial score (nSPS) is 20.2. The Labute approximate surface area is 185 Å². The number of nitrogens with zero attached hydrogens (tertiary/aromatic N) is 1. The minimum Gasteiger partial charge on any atom is -0.381 e. The van der Waals surface area contributed by atoms with Crippen molar-refractivity contribution in [3.63, 3.8) is 0 Å². The number of benzene rings is 1. The average Bonchev–Trinajstić information content (AvgIpc) is 3.50. The maximum atomic E-state index is 12.6. The third-order valence-corrected chi connectivity index (χ3v) is 6.49. The molecule has 4 rings (SSSR count). The number of hydrogen-bond donors (Lipinski definition) is 3. The van der Waals surface area contributed by atoms with Crippen molar-refractivity contribution in [2.24, 2.45) is 5.92 Å². The molecule has 31 heavy (non-hydrogen) atoms. The highest BCUT2D eigenvalue weighted by Gasteiger charge is 2.31. The van der Waals surface area contributed by atoms with E-state index in [-0.39, 0.29) is 18.0 Å². The Balaban J connectivity index is 1.31. The molecule has 2 aromatic rings. The van der Waals surface area contributed by atoms with Crippen LogP contribution in [-0.4, -0.2) is 68.9 Å². The third-order valence-electron chi connectivity index (χ3n) is 5.62. The fourth-order valence-electron chi connectivity index (χ4n) is 4.01. The lowest BCUT2D eigenvalue weighted by Gasteiger charge is -2.37. The van der Waals surface area contributed by atoms with Crippen molar-refractivity contribution < 1.29 is 19.1 Å². The molecule has 3 heterocycles. The number of carbonyl (C=O) groups excluding carboxylic acids is 2. The first-order valence-corrected chi connectivity index (χ1v) is 11.5. The maximum absolute atomic E-state index is 12.6. The molecular weight excluding hydrogens is 416 g/mol. The summed E-state index contributed by atoms with van der Waals surface area (Å²) in [7, 11) is 0. The van der Waals surface area contributed by atoms with Crippen LogP contribution in [0.2, 0.25) is 0 Å². The molecule has 2 saturated heterocycles. The van der Waals surface area contributed by atoms with Crippen molar-refractivity contribution in [2.45, 2.75) is 12.5 Å². The molecule has 9 heteroatoms. The number of rotatable bonds is 7. The van der Waals surface area contributed by atoms with E-state index in [9.17, 15) is 9.59 Å². The smallest absolute Gasteiger partial charge is 0.319 e. The second-order valence-corrected chi connectivity index (χ2v) is 8.63. The van der Waals surface area contributed by atoms with Gasteiger partial charge in [0.2, 0.25) is 0 Å². The van der Waals surface area contributed by atoms with Gasteiger partial charge in [0.05, 0.1) is 24.7 Å². The van der Waals surface area contributed by atoms with Gasteiger partial charge in [-0.2, -0.15) is 0 Å². The Morgan fingerprint density at radius 1 is 1.06 bits per heavy atom. The van der Waals surface area contributed by atoms with E-state index in [1.165, 1.54) is 11.3 Å². The molecule has 0 saturated carbocycles. The molecule has 2 aliphatic heterocycles. The molecule has 0 unspecified atom stereocenters. The second kappa shape index (κ2) is 10.7. The maximum Gasteiger partial charge on any atom is 0.319 e. The van der Waals surface area contributed by atoms with E-state index in [4.69, 9.17) is 9.47 Å². The molecule has 2 aliphatic rings. The topological polar surface area (TPSA) is 91.9 Å². The van der Waals surface area contributed by atoms with Gasteiger partial charge in [0.15, 0.2) is 0 Å². The summed E-state index contributed by atoms with van der Waals surface area (Å²) in [5, 5.41) is 10.6. The highest BCUT2D eigenvalue weighted by molar-refractivity contribution is 7.12. The van der Waals surface area contributed by atoms with E-state index in [0.29, 0.717) is 28.7 Å². The van der Waals surface area contributed by atoms with Gasteiger partial charge in [-0.15, -0.1) is 11.3 Å². The molecule has 0 bridgehead atoms. The largest absolute Gasteiger partial charge is 0.381 e. The summed E-state index contributed by atoms with van der Waals surface area (Å²) in [5.41, 5.74) is 1.25. The predicted octanol–water partition coefficient (Wildman–Crippen LogP) is 2.86. The van der Waals surface area contributed by atoms with Gasteiger partial charge in [0.25, 0.3) is 5.91 Å². The van der Waals surface area contributed by atoms with Crippen LogP contribution in [0.4, 0.5) is 16.2 Å². The number of hydrogen-bond acceptors (Lipinski definition) is 6. The fourth-order valence-corrected chi connectivity index (χ4v) is 4.63. The van der Waals surface area contributed by atoms with E-state index in [2.05, 4.69) is 20.9 Å². The van der Waals surface area contributed by atoms with Crippen LogP contribution in [0.25, 0.3) is 0 Å². The number of morpholine rings is 1. The summed E-state index contributed by atoms with van der Waals surface area (Å²) < 4.78 is 11.1. The molecule has 1 aromatic heterocycles. The monoisotopic (exact) mass is 444 g/mol. The molecule has 0 spiro atoms. The number of urea groups is 1. The zero-order valence-corrected chi connectivity index (χ0v) is 18.2. The molecule has 3 amide bonds. The number of thiophene rings is 1. The van der Waals surface area contributed by atoms with Crippen molar-refractivity contribution in [3.05, 3.63) is 46.7 Å². The average molecular weight is 445 g/mol. The molecule has 8 nitrogen and oxygen atoms in total. The molecule has 0 aliphatic carbocycles. The van der Waals surface area contributed by atoms with Crippen LogP contribution in [0.1, 0.15) is 16.1 Å².